The number of fused-ring (bicyclic) bond motifs is 3. The summed E-state index contributed by atoms with van der Waals surface area (Å²) in [4.78, 5) is 28.7. The summed E-state index contributed by atoms with van der Waals surface area (Å²) in [6, 6.07) is 15.2. The van der Waals surface area contributed by atoms with Crippen LogP contribution in [-0.4, -0.2) is 29.3 Å². The average molecular weight is 361 g/mol. The van der Waals surface area contributed by atoms with Crippen molar-refractivity contribution in [1.29, 1.82) is 0 Å². The van der Waals surface area contributed by atoms with Crippen molar-refractivity contribution in [3.05, 3.63) is 65.4 Å². The summed E-state index contributed by atoms with van der Waals surface area (Å²) in [7, 11) is 0. The molecule has 27 heavy (non-hydrogen) atoms. The Bertz CT molecular complexity index is 988. The molecule has 0 unspecified atom stereocenters. The minimum Gasteiger partial charge on any atom is -0.352 e. The van der Waals surface area contributed by atoms with Crippen molar-refractivity contribution in [1.82, 2.24) is 10.3 Å². The van der Waals surface area contributed by atoms with Crippen LogP contribution in [0.4, 0.5) is 5.69 Å². The van der Waals surface area contributed by atoms with Crippen LogP contribution in [0.25, 0.3) is 10.9 Å². The van der Waals surface area contributed by atoms with Gasteiger partial charge in [0.1, 0.15) is 0 Å². The normalized spacial score (nSPS) is 16.8. The van der Waals surface area contributed by atoms with Crippen molar-refractivity contribution in [2.45, 2.75) is 32.2 Å². The average Bonchev–Trinajstić information content (AvgIpc) is 2.99. The number of H-pyrrole nitrogens is 1. The van der Waals surface area contributed by atoms with E-state index in [-0.39, 0.29) is 18.1 Å². The molecule has 1 aliphatic heterocycles. The van der Waals surface area contributed by atoms with Crippen LogP contribution < -0.4 is 10.6 Å². The zero-order valence-electron chi connectivity index (χ0n) is 15.3. The number of anilines is 1. The van der Waals surface area contributed by atoms with Crippen LogP contribution >= 0.6 is 0 Å². The molecule has 0 fully saturated rings. The molecule has 0 spiro atoms. The predicted octanol–water partition coefficient (Wildman–Crippen LogP) is 3.46. The Morgan fingerprint density at radius 3 is 2.70 bits per heavy atom. The van der Waals surface area contributed by atoms with Crippen molar-refractivity contribution in [2.24, 2.45) is 0 Å². The van der Waals surface area contributed by atoms with E-state index < -0.39 is 6.04 Å². The first-order valence-electron chi connectivity index (χ1n) is 9.41. The molecule has 5 heteroatoms. The van der Waals surface area contributed by atoms with E-state index in [0.29, 0.717) is 12.2 Å². The molecule has 0 saturated heterocycles. The number of carbonyl (C=O) groups excluding carboxylic acids is 2. The number of nitrogens with one attached hydrogen (secondary N) is 3. The van der Waals surface area contributed by atoms with Crippen LogP contribution in [-0.2, 0) is 17.6 Å². The topological polar surface area (TPSA) is 74.0 Å². The van der Waals surface area contributed by atoms with Gasteiger partial charge in [0.15, 0.2) is 5.78 Å². The van der Waals surface area contributed by atoms with Crippen molar-refractivity contribution in [3.63, 3.8) is 0 Å². The number of rotatable bonds is 4. The minimum absolute atomic E-state index is 0.0461. The number of benzene rings is 2. The summed E-state index contributed by atoms with van der Waals surface area (Å²) in [5, 5.41) is 7.21. The molecule has 0 bridgehead atoms. The Morgan fingerprint density at radius 2 is 1.93 bits per heavy atom. The third-order valence-corrected chi connectivity index (χ3v) is 5.18. The van der Waals surface area contributed by atoms with E-state index in [1.54, 1.807) is 0 Å². The third kappa shape index (κ3) is 3.51. The highest BCUT2D eigenvalue weighted by Crippen LogP contribution is 2.26. The van der Waals surface area contributed by atoms with E-state index in [9.17, 15) is 9.59 Å². The Balaban J connectivity index is 1.50. The van der Waals surface area contributed by atoms with Crippen molar-refractivity contribution in [2.75, 3.05) is 11.9 Å². The van der Waals surface area contributed by atoms with Gasteiger partial charge >= 0.3 is 0 Å². The van der Waals surface area contributed by atoms with Gasteiger partial charge in [-0.1, -0.05) is 37.3 Å². The molecule has 5 nitrogen and oxygen atoms in total. The lowest BCUT2D eigenvalue weighted by atomic mass is 10.0. The smallest absolute Gasteiger partial charge is 0.226 e. The molecular weight excluding hydrogens is 338 g/mol. The van der Waals surface area contributed by atoms with Gasteiger partial charge in [-0.3, -0.25) is 9.59 Å². The zero-order valence-corrected chi connectivity index (χ0v) is 15.3. The third-order valence-electron chi connectivity index (χ3n) is 5.18. The number of amides is 1. The highest BCUT2D eigenvalue weighted by Gasteiger charge is 2.29. The lowest BCUT2D eigenvalue weighted by Crippen LogP contribution is -2.39. The van der Waals surface area contributed by atoms with Crippen LogP contribution in [0, 0.1) is 0 Å². The second kappa shape index (κ2) is 7.37. The molecule has 3 N–H and O–H groups in total. The fraction of sp³-hybridized carbons (Fsp3) is 0.273. The largest absolute Gasteiger partial charge is 0.352 e. The highest BCUT2D eigenvalue weighted by atomic mass is 16.2. The Morgan fingerprint density at radius 1 is 1.15 bits per heavy atom. The molecule has 1 amide bonds. The van der Waals surface area contributed by atoms with Crippen LogP contribution in [0.15, 0.2) is 48.5 Å². The molecule has 1 aliphatic rings. The van der Waals surface area contributed by atoms with Crippen molar-refractivity contribution in [3.8, 4) is 0 Å². The maximum atomic E-state index is 13.0. The van der Waals surface area contributed by atoms with E-state index in [1.807, 2.05) is 48.5 Å². The number of ketones is 1. The summed E-state index contributed by atoms with van der Waals surface area (Å²) in [5.74, 6) is -0.208. The van der Waals surface area contributed by atoms with E-state index in [2.05, 4.69) is 22.5 Å². The molecular formula is C22H23N3O2. The SMILES string of the molecule is CCc1ccc(NC(=O)C[C@H]2NCCc3c([nH]c4ccccc34)C2=O)cc1. The quantitative estimate of drug-likeness (QED) is 0.666. The van der Waals surface area contributed by atoms with E-state index in [0.717, 1.165) is 35.0 Å². The van der Waals surface area contributed by atoms with E-state index in [4.69, 9.17) is 0 Å². The lowest BCUT2D eigenvalue weighted by molar-refractivity contribution is -0.116. The van der Waals surface area contributed by atoms with Gasteiger partial charge in [0.2, 0.25) is 5.91 Å². The molecule has 1 aromatic heterocycles. The molecule has 3 aromatic rings. The number of hydrogen-bond acceptors (Lipinski definition) is 3. The lowest BCUT2D eigenvalue weighted by Gasteiger charge is -2.14. The summed E-state index contributed by atoms with van der Waals surface area (Å²) in [6.45, 7) is 2.76. The fourth-order valence-corrected chi connectivity index (χ4v) is 3.69. The fourth-order valence-electron chi connectivity index (χ4n) is 3.69. The Labute approximate surface area is 158 Å². The van der Waals surface area contributed by atoms with E-state index in [1.165, 1.54) is 5.56 Å². The first-order valence-corrected chi connectivity index (χ1v) is 9.41. The van der Waals surface area contributed by atoms with Crippen LogP contribution in [0.1, 0.15) is 35.0 Å². The number of hydrogen-bond donors (Lipinski definition) is 3. The van der Waals surface area contributed by atoms with Gasteiger partial charge in [0, 0.05) is 23.0 Å². The van der Waals surface area contributed by atoms with Gasteiger partial charge in [-0.2, -0.15) is 0 Å². The Kier molecular flexibility index (Phi) is 4.77. The van der Waals surface area contributed by atoms with Gasteiger partial charge in [0.05, 0.1) is 11.7 Å². The Hall–Kier alpha value is -2.92. The van der Waals surface area contributed by atoms with Crippen LogP contribution in [0.2, 0.25) is 0 Å². The molecule has 4 rings (SSSR count). The number of Topliss-reactive ketones (excluding diaryl/α,β-unsaturated/α-hetero) is 1. The van der Waals surface area contributed by atoms with Crippen LogP contribution in [0.5, 0.6) is 0 Å². The van der Waals surface area contributed by atoms with Gasteiger partial charge in [-0.25, -0.2) is 0 Å². The zero-order chi connectivity index (χ0) is 18.8. The summed E-state index contributed by atoms with van der Waals surface area (Å²) in [5.41, 5.74) is 4.62. The second-order valence-corrected chi connectivity index (χ2v) is 6.95. The molecule has 1 atom stereocenters. The van der Waals surface area contributed by atoms with Gasteiger partial charge in [0.25, 0.3) is 0 Å². The predicted molar refractivity (Wildman–Crippen MR) is 107 cm³/mol. The van der Waals surface area contributed by atoms with Crippen LogP contribution in [0.3, 0.4) is 0 Å². The maximum absolute atomic E-state index is 13.0. The molecule has 0 radical (unpaired) electrons. The van der Waals surface area contributed by atoms with E-state index >= 15 is 0 Å². The van der Waals surface area contributed by atoms with Gasteiger partial charge in [-0.05, 0) is 48.7 Å². The second-order valence-electron chi connectivity index (χ2n) is 6.95. The first-order chi connectivity index (χ1) is 13.2. The van der Waals surface area contributed by atoms with Gasteiger partial charge in [-0.15, -0.1) is 0 Å². The number of carbonyl (C=O) groups is 2. The standard InChI is InChI=1S/C22H23N3O2/c1-2-14-7-9-15(10-8-14)24-20(26)13-19-22(27)21-17(11-12-23-19)16-5-3-4-6-18(16)25-21/h3-10,19,23,25H,2,11-13H2,1H3,(H,24,26)/t19-/m1/s1. The number of aryl methyl sites for hydroxylation is 1. The maximum Gasteiger partial charge on any atom is 0.226 e. The summed E-state index contributed by atoms with van der Waals surface area (Å²) < 4.78 is 0. The number of aromatic nitrogens is 1. The molecule has 0 aliphatic carbocycles. The molecule has 2 heterocycles. The highest BCUT2D eigenvalue weighted by molar-refractivity contribution is 6.07. The monoisotopic (exact) mass is 361 g/mol. The molecule has 138 valence electrons. The molecule has 0 saturated carbocycles. The number of aromatic amines is 1. The summed E-state index contributed by atoms with van der Waals surface area (Å²) in [6.07, 6.45) is 1.84. The molecule has 2 aromatic carbocycles. The minimum atomic E-state index is -0.519. The van der Waals surface area contributed by atoms with Crippen molar-refractivity contribution >= 4 is 28.3 Å². The number of para-hydroxylation sites is 1. The van der Waals surface area contributed by atoms with Crippen molar-refractivity contribution < 1.29 is 9.59 Å². The summed E-state index contributed by atoms with van der Waals surface area (Å²) >= 11 is 0. The van der Waals surface area contributed by atoms with Gasteiger partial charge < -0.3 is 15.6 Å². The first kappa shape index (κ1) is 17.5.